The zero-order valence-corrected chi connectivity index (χ0v) is 23.3. The van der Waals surface area contributed by atoms with E-state index in [1.807, 2.05) is 85.5 Å². The van der Waals surface area contributed by atoms with E-state index in [2.05, 4.69) is 0 Å². The van der Waals surface area contributed by atoms with Gasteiger partial charge in [0.1, 0.15) is 0 Å². The van der Waals surface area contributed by atoms with Gasteiger partial charge < -0.3 is 4.90 Å². The number of nitrogens with zero attached hydrogens (tertiary/aromatic N) is 1. The Bertz CT molecular complexity index is 1280. The largest absolute Gasteiger partial charge is 0.312 e. The summed E-state index contributed by atoms with van der Waals surface area (Å²) in [6.07, 6.45) is 10.5. The Labute approximate surface area is 232 Å². The Hall–Kier alpha value is -3.60. The van der Waals surface area contributed by atoms with E-state index in [9.17, 15) is 19.2 Å². The molecule has 204 valence electrons. The van der Waals surface area contributed by atoms with Crippen molar-refractivity contribution in [2.24, 2.45) is 17.8 Å². The molecule has 1 saturated heterocycles. The molecule has 1 unspecified atom stereocenters. The maximum Gasteiger partial charge on any atom is 0.227 e. The minimum Gasteiger partial charge on any atom is -0.312 e. The van der Waals surface area contributed by atoms with E-state index >= 15 is 0 Å². The van der Waals surface area contributed by atoms with Crippen LogP contribution < -0.4 is 4.90 Å². The number of allylic oxidation sites excluding steroid dienone is 4. The van der Waals surface area contributed by atoms with Crippen molar-refractivity contribution in [1.29, 1.82) is 0 Å². The third-order valence-electron chi connectivity index (χ3n) is 8.33. The van der Waals surface area contributed by atoms with Crippen LogP contribution in [0, 0.1) is 17.8 Å². The van der Waals surface area contributed by atoms with Crippen LogP contribution in [0.4, 0.5) is 5.69 Å². The molecule has 1 aliphatic heterocycles. The maximum atomic E-state index is 13.0. The molecule has 4 rings (SSSR count). The highest BCUT2D eigenvalue weighted by Crippen LogP contribution is 2.40. The van der Waals surface area contributed by atoms with Gasteiger partial charge in [-0.2, -0.15) is 0 Å². The molecule has 0 radical (unpaired) electrons. The highest BCUT2D eigenvalue weighted by atomic mass is 16.2. The first-order valence-corrected chi connectivity index (χ1v) is 14.2. The molecular weight excluding hydrogens is 486 g/mol. The lowest BCUT2D eigenvalue weighted by Gasteiger charge is -2.31. The quantitative estimate of drug-likeness (QED) is 0.197. The van der Waals surface area contributed by atoms with Crippen molar-refractivity contribution in [3.63, 3.8) is 0 Å². The summed E-state index contributed by atoms with van der Waals surface area (Å²) in [6, 6.07) is 15.7. The average molecular weight is 526 g/mol. The molecule has 2 fully saturated rings. The van der Waals surface area contributed by atoms with Gasteiger partial charge in [0, 0.05) is 37.4 Å². The molecule has 39 heavy (non-hydrogen) atoms. The van der Waals surface area contributed by atoms with Gasteiger partial charge in [-0.15, -0.1) is 0 Å². The summed E-state index contributed by atoms with van der Waals surface area (Å²) in [5, 5.41) is 0. The van der Waals surface area contributed by atoms with Gasteiger partial charge >= 0.3 is 0 Å². The summed E-state index contributed by atoms with van der Waals surface area (Å²) in [5.41, 5.74) is 4.53. The third-order valence-corrected chi connectivity index (χ3v) is 8.33. The first-order chi connectivity index (χ1) is 18.8. The van der Waals surface area contributed by atoms with Crippen molar-refractivity contribution >= 4 is 28.9 Å². The number of amides is 1. The van der Waals surface area contributed by atoms with Crippen LogP contribution >= 0.6 is 0 Å². The Morgan fingerprint density at radius 2 is 1.64 bits per heavy atom. The van der Waals surface area contributed by atoms with Crippen LogP contribution in [0.1, 0.15) is 64.9 Å². The molecule has 1 saturated carbocycles. The standard InChI is InChI=1S/C34H39NO4/c1-4-6-8-23(3)34(39)27-13-11-26(12-14-27)29-21-33(38)35(22-29)30-17-15-25(16-18-30)28-10-7-9-24(19-28)20-32(37)31(36)5-2/h4,6-10,15-19,26-27,29H,5,11-14,20-22H2,1-3H3. The number of carbonyl (C=O) groups excluding carboxylic acids is 4. The van der Waals surface area contributed by atoms with Crippen LogP contribution in [-0.2, 0) is 25.6 Å². The van der Waals surface area contributed by atoms with E-state index in [4.69, 9.17) is 0 Å². The SMILES string of the molecule is CC=CC=C(C)C(=O)C1CCC(C2CC(=O)N(c3ccc(-c4cccc(CC(=O)C(=O)CC)c4)cc3)C2)CC1. The topological polar surface area (TPSA) is 71.5 Å². The number of benzene rings is 2. The van der Waals surface area contributed by atoms with Crippen molar-refractivity contribution in [1.82, 2.24) is 0 Å². The third kappa shape index (κ3) is 6.89. The minimum absolute atomic E-state index is 0.104. The fourth-order valence-electron chi connectivity index (χ4n) is 5.97. The van der Waals surface area contributed by atoms with Gasteiger partial charge in [0.15, 0.2) is 11.6 Å². The zero-order chi connectivity index (χ0) is 27.9. The summed E-state index contributed by atoms with van der Waals surface area (Å²) in [4.78, 5) is 51.4. The van der Waals surface area contributed by atoms with Crippen LogP contribution in [-0.4, -0.2) is 29.8 Å². The summed E-state index contributed by atoms with van der Waals surface area (Å²) in [6.45, 7) is 6.28. The minimum atomic E-state index is -0.358. The second-order valence-electron chi connectivity index (χ2n) is 10.9. The highest BCUT2D eigenvalue weighted by Gasteiger charge is 2.38. The van der Waals surface area contributed by atoms with Gasteiger partial charge in [0.2, 0.25) is 11.7 Å². The van der Waals surface area contributed by atoms with E-state index in [1.54, 1.807) is 6.92 Å². The van der Waals surface area contributed by atoms with Gasteiger partial charge in [-0.3, -0.25) is 19.2 Å². The molecule has 0 spiro atoms. The number of hydrogen-bond acceptors (Lipinski definition) is 4. The molecule has 0 aromatic heterocycles. The molecule has 5 nitrogen and oxygen atoms in total. The summed E-state index contributed by atoms with van der Waals surface area (Å²) >= 11 is 0. The number of Topliss-reactive ketones (excluding diaryl/α,β-unsaturated/α-hetero) is 3. The zero-order valence-electron chi connectivity index (χ0n) is 23.3. The van der Waals surface area contributed by atoms with E-state index in [0.29, 0.717) is 18.3 Å². The molecule has 2 aliphatic rings. The van der Waals surface area contributed by atoms with Crippen molar-refractivity contribution in [2.75, 3.05) is 11.4 Å². The average Bonchev–Trinajstić information content (AvgIpc) is 3.36. The lowest BCUT2D eigenvalue weighted by Crippen LogP contribution is -2.29. The molecule has 0 bridgehead atoms. The lowest BCUT2D eigenvalue weighted by atomic mass is 9.73. The van der Waals surface area contributed by atoms with Gasteiger partial charge in [-0.1, -0.05) is 61.5 Å². The molecule has 1 aliphatic carbocycles. The van der Waals surface area contributed by atoms with Gasteiger partial charge in [0.25, 0.3) is 0 Å². The number of carbonyl (C=O) groups is 4. The maximum absolute atomic E-state index is 13.0. The molecule has 2 aromatic carbocycles. The molecule has 5 heteroatoms. The van der Waals surface area contributed by atoms with Crippen molar-refractivity contribution in [3.05, 3.63) is 77.9 Å². The van der Waals surface area contributed by atoms with Crippen LogP contribution in [0.15, 0.2) is 72.3 Å². The van der Waals surface area contributed by atoms with Crippen LogP contribution in [0.3, 0.4) is 0 Å². The normalized spacial score (nSPS) is 21.9. The number of rotatable bonds is 10. The molecule has 1 amide bonds. The Kier molecular flexibility index (Phi) is 9.45. The second kappa shape index (κ2) is 13.0. The molecule has 1 atom stereocenters. The number of anilines is 1. The first kappa shape index (κ1) is 28.4. The number of ketones is 3. The van der Waals surface area contributed by atoms with E-state index in [1.165, 1.54) is 0 Å². The lowest BCUT2D eigenvalue weighted by molar-refractivity contribution is -0.136. The van der Waals surface area contributed by atoms with Gasteiger partial charge in [-0.05, 0) is 85.8 Å². The van der Waals surface area contributed by atoms with Crippen LogP contribution in [0.25, 0.3) is 11.1 Å². The van der Waals surface area contributed by atoms with Gasteiger partial charge in [-0.25, -0.2) is 0 Å². The highest BCUT2D eigenvalue weighted by molar-refractivity contribution is 6.37. The van der Waals surface area contributed by atoms with Crippen molar-refractivity contribution in [3.8, 4) is 11.1 Å². The number of hydrogen-bond donors (Lipinski definition) is 0. The predicted molar refractivity (Wildman–Crippen MR) is 155 cm³/mol. The summed E-state index contributed by atoms with van der Waals surface area (Å²) in [5.74, 6) is 0.641. The van der Waals surface area contributed by atoms with E-state index < -0.39 is 0 Å². The van der Waals surface area contributed by atoms with Gasteiger partial charge in [0.05, 0.1) is 0 Å². The fraction of sp³-hybridized carbons (Fsp3) is 0.412. The van der Waals surface area contributed by atoms with Crippen LogP contribution in [0.5, 0.6) is 0 Å². The molecule has 1 heterocycles. The smallest absolute Gasteiger partial charge is 0.227 e. The Morgan fingerprint density at radius 3 is 2.31 bits per heavy atom. The molecule has 2 aromatic rings. The summed E-state index contributed by atoms with van der Waals surface area (Å²) < 4.78 is 0. The molecular formula is C34H39NO4. The monoisotopic (exact) mass is 525 g/mol. The second-order valence-corrected chi connectivity index (χ2v) is 10.9. The Balaban J connectivity index is 1.36. The van der Waals surface area contributed by atoms with E-state index in [-0.39, 0.29) is 42.0 Å². The Morgan fingerprint density at radius 1 is 0.923 bits per heavy atom. The summed E-state index contributed by atoms with van der Waals surface area (Å²) in [7, 11) is 0. The van der Waals surface area contributed by atoms with E-state index in [0.717, 1.165) is 60.2 Å². The molecule has 0 N–H and O–H groups in total. The van der Waals surface area contributed by atoms with Crippen LogP contribution in [0.2, 0.25) is 0 Å². The van der Waals surface area contributed by atoms with Crippen molar-refractivity contribution < 1.29 is 19.2 Å². The fourth-order valence-corrected chi connectivity index (χ4v) is 5.97. The predicted octanol–water partition coefficient (Wildman–Crippen LogP) is 6.70. The van der Waals surface area contributed by atoms with Crippen molar-refractivity contribution in [2.45, 2.75) is 65.7 Å². The first-order valence-electron chi connectivity index (χ1n) is 14.2.